The molecule has 1 aromatic carbocycles. The molecule has 1 amide bonds. The summed E-state index contributed by atoms with van der Waals surface area (Å²) in [6.45, 7) is 7.22. The minimum absolute atomic E-state index is 0.119. The van der Waals surface area contributed by atoms with Gasteiger partial charge in [0.25, 0.3) is 0 Å². The van der Waals surface area contributed by atoms with E-state index < -0.39 is 0 Å². The largest absolute Gasteiger partial charge is 0.495 e. The van der Waals surface area contributed by atoms with E-state index in [1.165, 1.54) is 39.2 Å². The van der Waals surface area contributed by atoms with Crippen LogP contribution in [0, 0.1) is 0 Å². The SMILES string of the molecule is CCNC(=NCc1ccc(OC)c(NC(C)=O)c1)NC1CCN(C2CCCC2)C1. The Hall–Kier alpha value is -2.28. The molecule has 7 heteroatoms. The lowest BCUT2D eigenvalue weighted by Crippen LogP contribution is -2.45. The number of nitrogens with zero attached hydrogens (tertiary/aromatic N) is 2. The van der Waals surface area contributed by atoms with E-state index in [4.69, 9.17) is 9.73 Å². The first-order chi connectivity index (χ1) is 14.1. The number of carbonyl (C=O) groups is 1. The Morgan fingerprint density at radius 3 is 2.76 bits per heavy atom. The maximum absolute atomic E-state index is 11.4. The summed E-state index contributed by atoms with van der Waals surface area (Å²) in [5.74, 6) is 1.38. The van der Waals surface area contributed by atoms with Crippen LogP contribution in [0.15, 0.2) is 23.2 Å². The second kappa shape index (κ2) is 10.5. The summed E-state index contributed by atoms with van der Waals surface area (Å²) in [5, 5.41) is 9.79. The second-order valence-electron chi connectivity index (χ2n) is 7.97. The Labute approximate surface area is 174 Å². The number of hydrogen-bond acceptors (Lipinski definition) is 4. The summed E-state index contributed by atoms with van der Waals surface area (Å²) >= 11 is 0. The lowest BCUT2D eigenvalue weighted by atomic mass is 10.2. The van der Waals surface area contributed by atoms with Crippen LogP contribution in [0.3, 0.4) is 0 Å². The van der Waals surface area contributed by atoms with Crippen molar-refractivity contribution < 1.29 is 9.53 Å². The lowest BCUT2D eigenvalue weighted by Gasteiger charge is -2.24. The summed E-state index contributed by atoms with van der Waals surface area (Å²) in [6, 6.07) is 7.00. The standard InChI is InChI=1S/C22H35N5O2/c1-4-23-22(26-18-11-12-27(15-18)19-7-5-6-8-19)24-14-17-9-10-21(29-3)20(13-17)25-16(2)28/h9-10,13,18-19H,4-8,11-12,14-15H2,1-3H3,(H,25,28)(H2,23,24,26). The third-order valence-electron chi connectivity index (χ3n) is 5.74. The van der Waals surface area contributed by atoms with Gasteiger partial charge in [0.05, 0.1) is 19.3 Å². The first kappa shape index (κ1) is 21.4. The van der Waals surface area contributed by atoms with Crippen molar-refractivity contribution in [3.63, 3.8) is 0 Å². The smallest absolute Gasteiger partial charge is 0.221 e. The minimum atomic E-state index is -0.119. The zero-order chi connectivity index (χ0) is 20.6. The van der Waals surface area contributed by atoms with Crippen LogP contribution in [0.5, 0.6) is 5.75 Å². The molecular formula is C22H35N5O2. The number of guanidine groups is 1. The summed E-state index contributed by atoms with van der Waals surface area (Å²) in [4.78, 5) is 18.9. The summed E-state index contributed by atoms with van der Waals surface area (Å²) in [5.41, 5.74) is 1.69. The summed E-state index contributed by atoms with van der Waals surface area (Å²) < 4.78 is 5.33. The van der Waals surface area contributed by atoms with Crippen LogP contribution in [-0.4, -0.2) is 55.6 Å². The summed E-state index contributed by atoms with van der Waals surface area (Å²) in [6.07, 6.45) is 6.64. The van der Waals surface area contributed by atoms with Gasteiger partial charge in [0, 0.05) is 38.6 Å². The number of ether oxygens (including phenoxy) is 1. The number of methoxy groups -OCH3 is 1. The minimum Gasteiger partial charge on any atom is -0.495 e. The van der Waals surface area contributed by atoms with Gasteiger partial charge < -0.3 is 20.7 Å². The number of likely N-dealkylation sites (tertiary alicyclic amines) is 1. The van der Waals surface area contributed by atoms with Crippen molar-refractivity contribution in [1.82, 2.24) is 15.5 Å². The molecule has 1 saturated carbocycles. The fourth-order valence-electron chi connectivity index (χ4n) is 4.33. The molecule has 2 fully saturated rings. The van der Waals surface area contributed by atoms with Gasteiger partial charge in [-0.2, -0.15) is 0 Å². The van der Waals surface area contributed by atoms with Gasteiger partial charge in [0.15, 0.2) is 5.96 Å². The molecule has 1 aliphatic heterocycles. The van der Waals surface area contributed by atoms with Gasteiger partial charge >= 0.3 is 0 Å². The third-order valence-corrected chi connectivity index (χ3v) is 5.74. The number of rotatable bonds is 7. The molecule has 160 valence electrons. The molecule has 1 heterocycles. The second-order valence-corrected chi connectivity index (χ2v) is 7.97. The molecule has 0 radical (unpaired) electrons. The van der Waals surface area contributed by atoms with Gasteiger partial charge in [0.2, 0.25) is 5.91 Å². The van der Waals surface area contributed by atoms with E-state index in [-0.39, 0.29) is 5.91 Å². The van der Waals surface area contributed by atoms with E-state index in [9.17, 15) is 4.79 Å². The van der Waals surface area contributed by atoms with Crippen LogP contribution in [-0.2, 0) is 11.3 Å². The number of anilines is 1. The van der Waals surface area contributed by atoms with Crippen molar-refractivity contribution in [2.75, 3.05) is 32.1 Å². The van der Waals surface area contributed by atoms with Crippen LogP contribution in [0.2, 0.25) is 0 Å². The van der Waals surface area contributed by atoms with E-state index in [0.29, 0.717) is 24.0 Å². The highest BCUT2D eigenvalue weighted by Crippen LogP contribution is 2.27. The van der Waals surface area contributed by atoms with Gasteiger partial charge in [-0.05, 0) is 43.9 Å². The predicted octanol–water partition coefficient (Wildman–Crippen LogP) is 2.73. The molecule has 1 atom stereocenters. The molecule has 2 aliphatic rings. The Kier molecular flexibility index (Phi) is 7.75. The molecule has 7 nitrogen and oxygen atoms in total. The third kappa shape index (κ3) is 6.10. The van der Waals surface area contributed by atoms with Crippen molar-refractivity contribution >= 4 is 17.6 Å². The average Bonchev–Trinajstić information content (AvgIpc) is 3.38. The highest BCUT2D eigenvalue weighted by Gasteiger charge is 2.30. The number of aliphatic imine (C=N–C) groups is 1. The molecular weight excluding hydrogens is 366 g/mol. The van der Waals surface area contributed by atoms with E-state index in [2.05, 4.69) is 27.8 Å². The van der Waals surface area contributed by atoms with Gasteiger partial charge in [-0.25, -0.2) is 4.99 Å². The van der Waals surface area contributed by atoms with Crippen molar-refractivity contribution in [2.45, 2.75) is 64.6 Å². The molecule has 1 unspecified atom stereocenters. The van der Waals surface area contributed by atoms with Gasteiger partial charge in [-0.1, -0.05) is 18.9 Å². The van der Waals surface area contributed by atoms with Crippen LogP contribution in [0.1, 0.15) is 51.5 Å². The summed E-state index contributed by atoms with van der Waals surface area (Å²) in [7, 11) is 1.60. The number of carbonyl (C=O) groups excluding carboxylic acids is 1. The number of amides is 1. The fraction of sp³-hybridized carbons (Fsp3) is 0.636. The molecule has 0 aromatic heterocycles. The Morgan fingerprint density at radius 2 is 2.07 bits per heavy atom. The first-order valence-electron chi connectivity index (χ1n) is 10.8. The van der Waals surface area contributed by atoms with Crippen molar-refractivity contribution in [2.24, 2.45) is 4.99 Å². The highest BCUT2D eigenvalue weighted by molar-refractivity contribution is 5.90. The predicted molar refractivity (Wildman–Crippen MR) is 117 cm³/mol. The van der Waals surface area contributed by atoms with Gasteiger partial charge in [-0.3, -0.25) is 9.69 Å². The van der Waals surface area contributed by atoms with Gasteiger partial charge in [0.1, 0.15) is 5.75 Å². The Morgan fingerprint density at radius 1 is 1.28 bits per heavy atom. The molecule has 1 saturated heterocycles. The number of nitrogens with one attached hydrogen (secondary N) is 3. The number of benzene rings is 1. The zero-order valence-electron chi connectivity index (χ0n) is 18.0. The average molecular weight is 402 g/mol. The van der Waals surface area contributed by atoms with E-state index >= 15 is 0 Å². The molecule has 3 N–H and O–H groups in total. The Balaban J connectivity index is 1.61. The monoisotopic (exact) mass is 401 g/mol. The quantitative estimate of drug-likeness (QED) is 0.484. The van der Waals surface area contributed by atoms with Crippen LogP contribution < -0.4 is 20.7 Å². The van der Waals surface area contributed by atoms with Crippen LogP contribution >= 0.6 is 0 Å². The van der Waals surface area contributed by atoms with Crippen LogP contribution in [0.4, 0.5) is 5.69 Å². The van der Waals surface area contributed by atoms with Crippen LogP contribution in [0.25, 0.3) is 0 Å². The molecule has 0 spiro atoms. The molecule has 0 bridgehead atoms. The topological polar surface area (TPSA) is 78.0 Å². The zero-order valence-corrected chi connectivity index (χ0v) is 18.0. The van der Waals surface area contributed by atoms with E-state index in [1.54, 1.807) is 7.11 Å². The first-order valence-corrected chi connectivity index (χ1v) is 10.8. The lowest BCUT2D eigenvalue weighted by molar-refractivity contribution is -0.114. The van der Waals surface area contributed by atoms with E-state index in [1.807, 2.05) is 18.2 Å². The van der Waals surface area contributed by atoms with Crippen molar-refractivity contribution in [3.05, 3.63) is 23.8 Å². The van der Waals surface area contributed by atoms with Crippen molar-refractivity contribution in [3.8, 4) is 5.75 Å². The molecule has 1 aliphatic carbocycles. The number of hydrogen-bond donors (Lipinski definition) is 3. The normalized spacial score (nSPS) is 20.7. The maximum atomic E-state index is 11.4. The molecule has 29 heavy (non-hydrogen) atoms. The Bertz CT molecular complexity index is 715. The highest BCUT2D eigenvalue weighted by atomic mass is 16.5. The van der Waals surface area contributed by atoms with E-state index in [0.717, 1.165) is 37.1 Å². The van der Waals surface area contributed by atoms with Gasteiger partial charge in [-0.15, -0.1) is 0 Å². The van der Waals surface area contributed by atoms with Crippen molar-refractivity contribution in [1.29, 1.82) is 0 Å². The molecule has 1 aromatic rings. The molecule has 3 rings (SSSR count). The fourth-order valence-corrected chi connectivity index (χ4v) is 4.33. The maximum Gasteiger partial charge on any atom is 0.221 e.